The van der Waals surface area contributed by atoms with Crippen molar-refractivity contribution in [2.75, 3.05) is 31.3 Å². The van der Waals surface area contributed by atoms with Gasteiger partial charge in [0.15, 0.2) is 11.5 Å². The van der Waals surface area contributed by atoms with Gasteiger partial charge in [0.25, 0.3) is 0 Å². The van der Waals surface area contributed by atoms with Crippen LogP contribution in [0.2, 0.25) is 5.15 Å². The van der Waals surface area contributed by atoms with E-state index >= 15 is 0 Å². The average molecular weight is 581 g/mol. The van der Waals surface area contributed by atoms with Crippen molar-refractivity contribution in [3.8, 4) is 17.4 Å². The monoisotopic (exact) mass is 580 g/mol. The molecular formula is C28H33ClN8O4. The van der Waals surface area contributed by atoms with Crippen molar-refractivity contribution < 1.29 is 19.1 Å². The van der Waals surface area contributed by atoms with Crippen LogP contribution in [0.1, 0.15) is 44.1 Å². The lowest BCUT2D eigenvalue weighted by atomic mass is 9.83. The Labute approximate surface area is 242 Å². The molecule has 1 saturated heterocycles. The highest BCUT2D eigenvalue weighted by atomic mass is 35.5. The Bertz CT molecular complexity index is 1410. The number of amides is 2. The molecule has 216 valence electrons. The average Bonchev–Trinajstić information content (AvgIpc) is 3.69. The molecule has 41 heavy (non-hydrogen) atoms. The molecule has 4 heterocycles. The first-order valence-electron chi connectivity index (χ1n) is 13.9. The van der Waals surface area contributed by atoms with E-state index in [1.54, 1.807) is 29.4 Å². The number of halogens is 1. The van der Waals surface area contributed by atoms with E-state index in [4.69, 9.17) is 31.8 Å². The molecule has 1 aliphatic carbocycles. The van der Waals surface area contributed by atoms with Gasteiger partial charge in [-0.25, -0.2) is 9.97 Å². The highest BCUT2D eigenvalue weighted by molar-refractivity contribution is 6.29. The van der Waals surface area contributed by atoms with E-state index in [1.807, 2.05) is 23.1 Å². The van der Waals surface area contributed by atoms with Gasteiger partial charge in [-0.05, 0) is 30.5 Å². The number of hydrogen-bond donors (Lipinski definition) is 2. The first kappa shape index (κ1) is 27.3. The van der Waals surface area contributed by atoms with Crippen molar-refractivity contribution >= 4 is 29.2 Å². The minimum Gasteiger partial charge on any atom is -0.454 e. The van der Waals surface area contributed by atoms with E-state index in [9.17, 15) is 9.59 Å². The van der Waals surface area contributed by atoms with E-state index in [2.05, 4.69) is 20.2 Å². The Kier molecular flexibility index (Phi) is 7.67. The molecule has 0 radical (unpaired) electrons. The Balaban J connectivity index is 1.26. The first-order valence-corrected chi connectivity index (χ1v) is 14.3. The molecule has 1 aromatic carbocycles. The molecule has 0 spiro atoms. The van der Waals surface area contributed by atoms with Crippen LogP contribution in [-0.2, 0) is 16.1 Å². The number of nitrogens with one attached hydrogen (secondary N) is 1. The molecule has 3 aromatic rings. The largest absolute Gasteiger partial charge is 0.454 e. The molecule has 6 rings (SSSR count). The highest BCUT2D eigenvalue weighted by Gasteiger charge is 2.51. The van der Waals surface area contributed by atoms with Crippen molar-refractivity contribution in [1.29, 1.82) is 0 Å². The molecule has 13 heteroatoms. The summed E-state index contributed by atoms with van der Waals surface area (Å²) < 4.78 is 12.5. The molecule has 12 nitrogen and oxygen atoms in total. The molecule has 1 saturated carbocycles. The van der Waals surface area contributed by atoms with Crippen LogP contribution in [0.15, 0.2) is 43.0 Å². The molecule has 3 aliphatic rings. The second kappa shape index (κ2) is 11.5. The molecule has 2 aliphatic heterocycles. The number of nitrogens with zero attached hydrogens (tertiary/aromatic N) is 6. The van der Waals surface area contributed by atoms with Gasteiger partial charge in [0.2, 0.25) is 24.6 Å². The Morgan fingerprint density at radius 3 is 2.71 bits per heavy atom. The maximum absolute atomic E-state index is 13.5. The minimum absolute atomic E-state index is 0.0763. The Morgan fingerprint density at radius 1 is 1.10 bits per heavy atom. The van der Waals surface area contributed by atoms with Gasteiger partial charge in [-0.15, -0.1) is 0 Å². The molecule has 2 amide bonds. The van der Waals surface area contributed by atoms with Crippen LogP contribution < -0.4 is 25.4 Å². The Hall–Kier alpha value is -3.90. The van der Waals surface area contributed by atoms with Crippen LogP contribution in [0.3, 0.4) is 0 Å². The number of imidazole rings is 1. The van der Waals surface area contributed by atoms with Crippen LogP contribution in [0.4, 0.5) is 5.82 Å². The van der Waals surface area contributed by atoms with Gasteiger partial charge in [-0.2, -0.15) is 4.98 Å². The molecule has 0 bridgehead atoms. The fraction of sp³-hybridized carbons (Fsp3) is 0.464. The number of rotatable bonds is 8. The van der Waals surface area contributed by atoms with Crippen LogP contribution in [0, 0.1) is 0 Å². The van der Waals surface area contributed by atoms with Crippen molar-refractivity contribution in [3.63, 3.8) is 0 Å². The summed E-state index contributed by atoms with van der Waals surface area (Å²) >= 11 is 6.39. The minimum atomic E-state index is -1.23. The lowest BCUT2D eigenvalue weighted by molar-refractivity contribution is -0.140. The summed E-state index contributed by atoms with van der Waals surface area (Å²) in [5.41, 5.74) is 5.84. The highest BCUT2D eigenvalue weighted by Crippen LogP contribution is 2.36. The zero-order chi connectivity index (χ0) is 28.4. The fourth-order valence-corrected chi connectivity index (χ4v) is 6.31. The topological polar surface area (TPSA) is 141 Å². The maximum Gasteiger partial charge on any atom is 0.240 e. The summed E-state index contributed by atoms with van der Waals surface area (Å²) in [6.07, 6.45) is 10.2. The van der Waals surface area contributed by atoms with Crippen LogP contribution >= 0.6 is 11.6 Å². The first-order chi connectivity index (χ1) is 19.9. The third-order valence-corrected chi connectivity index (χ3v) is 8.39. The number of nitrogens with two attached hydrogens (primary N) is 1. The third kappa shape index (κ3) is 5.66. The van der Waals surface area contributed by atoms with Crippen LogP contribution in [0.25, 0.3) is 5.95 Å². The summed E-state index contributed by atoms with van der Waals surface area (Å²) in [6.45, 7) is 1.83. The molecule has 1 unspecified atom stereocenters. The summed E-state index contributed by atoms with van der Waals surface area (Å²) in [7, 11) is 0. The second-order valence-electron chi connectivity index (χ2n) is 10.8. The van der Waals surface area contributed by atoms with Gasteiger partial charge in [0, 0.05) is 50.7 Å². The molecular weight excluding hydrogens is 548 g/mol. The van der Waals surface area contributed by atoms with E-state index in [0.717, 1.165) is 31.2 Å². The maximum atomic E-state index is 13.5. The number of benzene rings is 1. The number of primary amides is 1. The predicted molar refractivity (Wildman–Crippen MR) is 151 cm³/mol. The predicted octanol–water partition coefficient (Wildman–Crippen LogP) is 2.43. The van der Waals surface area contributed by atoms with Gasteiger partial charge in [0.05, 0.1) is 6.42 Å². The summed E-state index contributed by atoms with van der Waals surface area (Å²) in [6, 6.07) is 7.40. The number of ether oxygens (including phenoxy) is 2. The zero-order valence-electron chi connectivity index (χ0n) is 22.7. The van der Waals surface area contributed by atoms with E-state index in [-0.39, 0.29) is 43.4 Å². The zero-order valence-corrected chi connectivity index (χ0v) is 23.4. The number of carbonyl (C=O) groups is 2. The van der Waals surface area contributed by atoms with Crippen LogP contribution in [0.5, 0.6) is 11.5 Å². The van der Waals surface area contributed by atoms with Crippen molar-refractivity contribution in [2.45, 2.75) is 56.7 Å². The summed E-state index contributed by atoms with van der Waals surface area (Å²) in [4.78, 5) is 44.2. The van der Waals surface area contributed by atoms with Gasteiger partial charge in [-0.3, -0.25) is 19.1 Å². The number of carbonyl (C=O) groups excluding carboxylic acids is 2. The SMILES string of the molecule is NC(=O)C1(CC(=O)NCc2ccc3c(c2)OCO3)CN(c2cc(Cl)nc(-n3ccnc3)n2)CCN1C1CCCCC1. The molecule has 2 fully saturated rings. The Morgan fingerprint density at radius 2 is 1.93 bits per heavy atom. The second-order valence-corrected chi connectivity index (χ2v) is 11.1. The van der Waals surface area contributed by atoms with Gasteiger partial charge >= 0.3 is 0 Å². The normalized spacial score (nSPS) is 21.1. The van der Waals surface area contributed by atoms with Crippen molar-refractivity contribution in [3.05, 3.63) is 53.7 Å². The van der Waals surface area contributed by atoms with E-state index in [1.165, 1.54) is 6.42 Å². The standard InChI is InChI=1S/C28H33ClN8O4/c29-23-13-24(34-27(33-23)36-9-8-31-17-36)35-10-11-37(20-4-2-1-3-5-20)28(16-35,26(30)39)14-25(38)32-15-19-6-7-21-22(12-19)41-18-40-21/h6-9,12-13,17,20H,1-5,10-11,14-16,18H2,(H2,30,39)(H,32,38). The van der Waals surface area contributed by atoms with Crippen molar-refractivity contribution in [1.82, 2.24) is 29.7 Å². The third-order valence-electron chi connectivity index (χ3n) is 8.20. The van der Waals surface area contributed by atoms with E-state index in [0.29, 0.717) is 36.4 Å². The number of piperazine rings is 1. The van der Waals surface area contributed by atoms with E-state index < -0.39 is 11.4 Å². The molecule has 1 atom stereocenters. The fourth-order valence-electron chi connectivity index (χ4n) is 6.14. The smallest absolute Gasteiger partial charge is 0.240 e. The van der Waals surface area contributed by atoms with Gasteiger partial charge in [-0.1, -0.05) is 36.9 Å². The number of aromatic nitrogens is 4. The summed E-state index contributed by atoms with van der Waals surface area (Å²) in [5.74, 6) is 1.47. The number of fused-ring (bicyclic) bond motifs is 1. The van der Waals surface area contributed by atoms with Crippen LogP contribution in [-0.4, -0.2) is 74.2 Å². The van der Waals surface area contributed by atoms with Gasteiger partial charge < -0.3 is 25.4 Å². The van der Waals surface area contributed by atoms with Gasteiger partial charge in [0.1, 0.15) is 22.8 Å². The number of hydrogen-bond acceptors (Lipinski definition) is 9. The molecule has 3 N–H and O–H groups in total. The number of anilines is 1. The summed E-state index contributed by atoms with van der Waals surface area (Å²) in [5, 5.41) is 3.25. The quantitative estimate of drug-likeness (QED) is 0.384. The lowest BCUT2D eigenvalue weighted by Crippen LogP contribution is -2.71. The molecule has 2 aromatic heterocycles. The van der Waals surface area contributed by atoms with Crippen molar-refractivity contribution in [2.24, 2.45) is 5.73 Å². The lowest BCUT2D eigenvalue weighted by Gasteiger charge is -2.52.